The molecule has 1 spiro atoms. The van der Waals surface area contributed by atoms with E-state index in [1.54, 1.807) is 0 Å². The molecule has 0 bridgehead atoms. The molecule has 0 N–H and O–H groups in total. The zero-order chi connectivity index (χ0) is 12.3. The maximum Gasteiger partial charge on any atom is 0.136 e. The van der Waals surface area contributed by atoms with Crippen LogP contribution in [0.25, 0.3) is 0 Å². The van der Waals surface area contributed by atoms with E-state index in [0.29, 0.717) is 11.7 Å². The fourth-order valence-electron chi connectivity index (χ4n) is 2.96. The van der Waals surface area contributed by atoms with Crippen LogP contribution in [0, 0.1) is 11.8 Å². The molecule has 3 heteroatoms. The van der Waals surface area contributed by atoms with E-state index in [-0.39, 0.29) is 11.5 Å². The lowest BCUT2D eigenvalue weighted by Gasteiger charge is -2.43. The van der Waals surface area contributed by atoms with Crippen molar-refractivity contribution in [2.45, 2.75) is 51.6 Å². The van der Waals surface area contributed by atoms with Crippen LogP contribution in [-0.4, -0.2) is 29.5 Å². The molecule has 0 aromatic carbocycles. The molecule has 2 rings (SSSR count). The summed E-state index contributed by atoms with van der Waals surface area (Å²) in [6.45, 7) is 5.05. The molecule has 1 unspecified atom stereocenters. The highest BCUT2D eigenvalue weighted by molar-refractivity contribution is 7.99. The first-order valence-electron chi connectivity index (χ1n) is 6.86. The Bertz CT molecular complexity index is 264. The first-order chi connectivity index (χ1) is 8.11. The first-order valence-corrected chi connectivity index (χ1v) is 8.01. The Labute approximate surface area is 109 Å². The molecule has 17 heavy (non-hydrogen) atoms. The smallest absolute Gasteiger partial charge is 0.136 e. The van der Waals surface area contributed by atoms with Crippen LogP contribution in [0.5, 0.6) is 0 Å². The zero-order valence-corrected chi connectivity index (χ0v) is 11.9. The average Bonchev–Trinajstić information content (AvgIpc) is 2.29. The van der Waals surface area contributed by atoms with Gasteiger partial charge in [-0.2, -0.15) is 11.8 Å². The Morgan fingerprint density at radius 1 is 1.41 bits per heavy atom. The van der Waals surface area contributed by atoms with Crippen LogP contribution in [0.1, 0.15) is 46.0 Å². The van der Waals surface area contributed by atoms with E-state index < -0.39 is 0 Å². The van der Waals surface area contributed by atoms with E-state index >= 15 is 0 Å². The molecule has 2 aliphatic rings. The molecule has 2 aliphatic heterocycles. The van der Waals surface area contributed by atoms with Gasteiger partial charge in [0.05, 0.1) is 5.60 Å². The molecule has 2 fully saturated rings. The van der Waals surface area contributed by atoms with Gasteiger partial charge in [0.15, 0.2) is 0 Å². The van der Waals surface area contributed by atoms with Crippen LogP contribution < -0.4 is 0 Å². The minimum atomic E-state index is 0.0564. The summed E-state index contributed by atoms with van der Waals surface area (Å²) in [4.78, 5) is 12.2. The van der Waals surface area contributed by atoms with E-state index in [2.05, 4.69) is 13.8 Å². The van der Waals surface area contributed by atoms with Crippen LogP contribution in [0.3, 0.4) is 0 Å². The third-order valence-electron chi connectivity index (χ3n) is 3.96. The van der Waals surface area contributed by atoms with Crippen molar-refractivity contribution < 1.29 is 9.53 Å². The summed E-state index contributed by atoms with van der Waals surface area (Å²) >= 11 is 2.02. The number of rotatable bonds is 3. The number of hydrogen-bond donors (Lipinski definition) is 0. The van der Waals surface area contributed by atoms with Gasteiger partial charge in [-0.25, -0.2) is 0 Å². The lowest BCUT2D eigenvalue weighted by Crippen LogP contribution is -2.44. The van der Waals surface area contributed by atoms with Gasteiger partial charge in [0.1, 0.15) is 5.78 Å². The van der Waals surface area contributed by atoms with Crippen molar-refractivity contribution in [2.24, 2.45) is 11.8 Å². The van der Waals surface area contributed by atoms with Crippen LogP contribution in [0.2, 0.25) is 0 Å². The van der Waals surface area contributed by atoms with Crippen molar-refractivity contribution >= 4 is 17.5 Å². The molecule has 0 radical (unpaired) electrons. The SMILES string of the molecule is CC(C)CC(=O)C1CCOC2(CCSCC2)C1. The molecule has 0 amide bonds. The van der Waals surface area contributed by atoms with Crippen molar-refractivity contribution in [3.05, 3.63) is 0 Å². The third kappa shape index (κ3) is 3.47. The Balaban J connectivity index is 1.94. The van der Waals surface area contributed by atoms with Crippen LogP contribution in [0.4, 0.5) is 0 Å². The maximum atomic E-state index is 12.2. The number of carbonyl (C=O) groups is 1. The molecule has 2 saturated heterocycles. The molecule has 98 valence electrons. The van der Waals surface area contributed by atoms with Crippen molar-refractivity contribution in [2.75, 3.05) is 18.1 Å². The Morgan fingerprint density at radius 2 is 2.12 bits per heavy atom. The van der Waals surface area contributed by atoms with E-state index in [1.807, 2.05) is 11.8 Å². The number of thioether (sulfide) groups is 1. The van der Waals surface area contributed by atoms with E-state index in [1.165, 1.54) is 11.5 Å². The van der Waals surface area contributed by atoms with Gasteiger partial charge in [-0.15, -0.1) is 0 Å². The molecule has 2 heterocycles. The second-order valence-electron chi connectivity index (χ2n) is 5.90. The molecule has 0 aliphatic carbocycles. The van der Waals surface area contributed by atoms with Gasteiger partial charge in [-0.1, -0.05) is 13.8 Å². The Hall–Kier alpha value is -0.0200. The van der Waals surface area contributed by atoms with Crippen LogP contribution in [-0.2, 0) is 9.53 Å². The minimum absolute atomic E-state index is 0.0564. The van der Waals surface area contributed by atoms with Crippen molar-refractivity contribution in [1.82, 2.24) is 0 Å². The van der Waals surface area contributed by atoms with E-state index in [4.69, 9.17) is 4.74 Å². The van der Waals surface area contributed by atoms with E-state index in [9.17, 15) is 4.79 Å². The fourth-order valence-corrected chi connectivity index (χ4v) is 4.20. The summed E-state index contributed by atoms with van der Waals surface area (Å²) in [6, 6.07) is 0. The predicted octanol–water partition coefficient (Wildman–Crippen LogP) is 3.29. The highest BCUT2D eigenvalue weighted by Gasteiger charge is 2.40. The van der Waals surface area contributed by atoms with Gasteiger partial charge in [-0.05, 0) is 43.1 Å². The zero-order valence-electron chi connectivity index (χ0n) is 11.0. The molecule has 0 aromatic rings. The summed E-state index contributed by atoms with van der Waals surface area (Å²) in [5, 5.41) is 0. The topological polar surface area (TPSA) is 26.3 Å². The van der Waals surface area contributed by atoms with Gasteiger partial charge in [-0.3, -0.25) is 4.79 Å². The predicted molar refractivity (Wildman–Crippen MR) is 72.4 cm³/mol. The van der Waals surface area contributed by atoms with Gasteiger partial charge in [0, 0.05) is 18.9 Å². The van der Waals surface area contributed by atoms with Crippen LogP contribution in [0.15, 0.2) is 0 Å². The fraction of sp³-hybridized carbons (Fsp3) is 0.929. The Kier molecular flexibility index (Phi) is 4.53. The van der Waals surface area contributed by atoms with Gasteiger partial charge in [0.25, 0.3) is 0 Å². The van der Waals surface area contributed by atoms with Gasteiger partial charge >= 0.3 is 0 Å². The second-order valence-corrected chi connectivity index (χ2v) is 7.12. The maximum absolute atomic E-state index is 12.2. The summed E-state index contributed by atoms with van der Waals surface area (Å²) < 4.78 is 6.03. The van der Waals surface area contributed by atoms with E-state index in [0.717, 1.165) is 38.7 Å². The number of ketones is 1. The van der Waals surface area contributed by atoms with Crippen LogP contribution >= 0.6 is 11.8 Å². The third-order valence-corrected chi connectivity index (χ3v) is 4.95. The molecular formula is C14H24O2S. The van der Waals surface area contributed by atoms with Crippen molar-refractivity contribution in [3.63, 3.8) is 0 Å². The largest absolute Gasteiger partial charge is 0.375 e. The standard InChI is InChI=1S/C14H24O2S/c1-11(2)9-13(15)12-3-6-16-14(10-12)4-7-17-8-5-14/h11-12H,3-10H2,1-2H3. The number of hydrogen-bond acceptors (Lipinski definition) is 3. The number of ether oxygens (including phenoxy) is 1. The minimum Gasteiger partial charge on any atom is -0.375 e. The molecule has 0 aromatic heterocycles. The highest BCUT2D eigenvalue weighted by Crippen LogP contribution is 2.40. The Morgan fingerprint density at radius 3 is 2.76 bits per heavy atom. The lowest BCUT2D eigenvalue weighted by molar-refractivity contribution is -0.139. The number of carbonyl (C=O) groups excluding carboxylic acids is 1. The summed E-state index contributed by atoms with van der Waals surface area (Å²) in [5.74, 6) is 3.63. The first kappa shape index (κ1) is 13.4. The molecule has 2 nitrogen and oxygen atoms in total. The normalized spacial score (nSPS) is 28.5. The quantitative estimate of drug-likeness (QED) is 0.775. The van der Waals surface area contributed by atoms with Crippen molar-refractivity contribution in [1.29, 1.82) is 0 Å². The average molecular weight is 256 g/mol. The monoisotopic (exact) mass is 256 g/mol. The molecule has 1 atom stereocenters. The summed E-state index contributed by atoms with van der Waals surface area (Å²) in [6.07, 6.45) is 4.96. The summed E-state index contributed by atoms with van der Waals surface area (Å²) in [7, 11) is 0. The summed E-state index contributed by atoms with van der Waals surface area (Å²) in [5.41, 5.74) is 0.0564. The van der Waals surface area contributed by atoms with Crippen molar-refractivity contribution in [3.8, 4) is 0 Å². The van der Waals surface area contributed by atoms with Gasteiger partial charge in [0.2, 0.25) is 0 Å². The highest BCUT2D eigenvalue weighted by atomic mass is 32.2. The van der Waals surface area contributed by atoms with Gasteiger partial charge < -0.3 is 4.74 Å². The lowest BCUT2D eigenvalue weighted by atomic mass is 9.78. The molecule has 0 saturated carbocycles. The molecular weight excluding hydrogens is 232 g/mol. The number of Topliss-reactive ketones (excluding diaryl/α,β-unsaturated/α-hetero) is 1. The second kappa shape index (κ2) is 5.75.